The summed E-state index contributed by atoms with van der Waals surface area (Å²) in [5.74, 6) is 4.58. The van der Waals surface area contributed by atoms with Gasteiger partial charge in [-0.2, -0.15) is 0 Å². The smallest absolute Gasteiger partial charge is 0.335 e. The van der Waals surface area contributed by atoms with Gasteiger partial charge in [-0.1, -0.05) is 72.5 Å². The molecule has 0 aromatic heterocycles. The van der Waals surface area contributed by atoms with Crippen molar-refractivity contribution in [2.45, 2.75) is 0 Å². The van der Waals surface area contributed by atoms with Crippen LogP contribution < -0.4 is 0 Å². The Morgan fingerprint density at radius 2 is 0.971 bits per heavy atom. The van der Waals surface area contributed by atoms with Crippen LogP contribution in [0.4, 0.5) is 0 Å². The average molecular weight is 442 g/mol. The Morgan fingerprint density at radius 1 is 0.529 bits per heavy atom. The van der Waals surface area contributed by atoms with Gasteiger partial charge in [-0.25, -0.2) is 9.59 Å². The van der Waals surface area contributed by atoms with Crippen molar-refractivity contribution in [3.8, 4) is 23.0 Å². The van der Waals surface area contributed by atoms with Crippen molar-refractivity contribution in [2.24, 2.45) is 0 Å². The molecule has 0 saturated carbocycles. The van der Waals surface area contributed by atoms with E-state index in [2.05, 4.69) is 24.0 Å². The lowest BCUT2D eigenvalue weighted by Gasteiger charge is -2.15. The molecule has 0 aliphatic rings. The van der Waals surface area contributed by atoms with Crippen molar-refractivity contribution in [2.75, 3.05) is 0 Å². The predicted octanol–water partition coefficient (Wildman–Crippen LogP) is 6.46. The van der Waals surface area contributed by atoms with E-state index in [0.29, 0.717) is 0 Å². The summed E-state index contributed by atoms with van der Waals surface area (Å²) in [6.07, 6.45) is 0. The molecule has 34 heavy (non-hydrogen) atoms. The Balaban J connectivity index is 1.74. The highest BCUT2D eigenvalue weighted by Crippen LogP contribution is 2.39. The van der Waals surface area contributed by atoms with E-state index in [1.807, 2.05) is 48.5 Å². The van der Waals surface area contributed by atoms with Crippen LogP contribution in [0.15, 0.2) is 97.1 Å². The number of fused-ring (bicyclic) bond motifs is 2. The standard InChI is InChI=1S/C30H18O4/c31-29(32)21-12-9-19(10-13-21)11-18-25-23-5-1-3-7-26(23)28(27-8-4-2-6-24(25)27)20-14-16-22(17-15-20)30(33)34/h1-10,12-17H,(H,31,32)(H,33,34). The molecule has 0 bridgehead atoms. The molecule has 0 aliphatic carbocycles. The molecule has 2 N–H and O–H groups in total. The lowest BCUT2D eigenvalue weighted by molar-refractivity contribution is 0.0686. The molecule has 4 nitrogen and oxygen atoms in total. The number of aromatic carboxylic acids is 2. The molecule has 0 fully saturated rings. The van der Waals surface area contributed by atoms with Gasteiger partial charge in [0.2, 0.25) is 0 Å². The van der Waals surface area contributed by atoms with Gasteiger partial charge in [-0.3, -0.25) is 0 Å². The second-order valence-corrected chi connectivity index (χ2v) is 7.86. The van der Waals surface area contributed by atoms with Crippen molar-refractivity contribution < 1.29 is 19.8 Å². The molecule has 5 aromatic rings. The summed E-state index contributed by atoms with van der Waals surface area (Å²) < 4.78 is 0. The van der Waals surface area contributed by atoms with Gasteiger partial charge in [0, 0.05) is 11.1 Å². The van der Waals surface area contributed by atoms with Gasteiger partial charge in [0.05, 0.1) is 11.1 Å². The normalized spacial score (nSPS) is 10.6. The predicted molar refractivity (Wildman–Crippen MR) is 133 cm³/mol. The quantitative estimate of drug-likeness (QED) is 0.249. The highest BCUT2D eigenvalue weighted by Gasteiger charge is 2.14. The second-order valence-electron chi connectivity index (χ2n) is 7.86. The number of carboxylic acid groups (broad SMARTS) is 2. The lowest BCUT2D eigenvalue weighted by Crippen LogP contribution is -1.96. The molecule has 0 atom stereocenters. The molecule has 162 valence electrons. The van der Waals surface area contributed by atoms with E-state index >= 15 is 0 Å². The first kappa shape index (κ1) is 21.0. The molecule has 0 aliphatic heterocycles. The van der Waals surface area contributed by atoms with Crippen LogP contribution in [0.3, 0.4) is 0 Å². The largest absolute Gasteiger partial charge is 0.478 e. The summed E-state index contributed by atoms with van der Waals surface area (Å²) in [6, 6.07) is 29.5. The monoisotopic (exact) mass is 442 g/mol. The van der Waals surface area contributed by atoms with Crippen LogP contribution in [0.5, 0.6) is 0 Å². The third-order valence-electron chi connectivity index (χ3n) is 5.82. The Hall–Kier alpha value is -4.88. The van der Waals surface area contributed by atoms with Crippen molar-refractivity contribution in [1.82, 2.24) is 0 Å². The van der Waals surface area contributed by atoms with Crippen LogP contribution in [0.25, 0.3) is 32.7 Å². The third-order valence-corrected chi connectivity index (χ3v) is 5.82. The Morgan fingerprint density at radius 3 is 1.44 bits per heavy atom. The van der Waals surface area contributed by atoms with Gasteiger partial charge in [0.1, 0.15) is 0 Å². The molecule has 5 rings (SSSR count). The minimum Gasteiger partial charge on any atom is -0.478 e. The van der Waals surface area contributed by atoms with Gasteiger partial charge in [0.25, 0.3) is 0 Å². The van der Waals surface area contributed by atoms with E-state index in [-0.39, 0.29) is 11.1 Å². The van der Waals surface area contributed by atoms with Crippen LogP contribution in [0.1, 0.15) is 31.8 Å². The number of carbonyl (C=O) groups is 2. The molecule has 0 heterocycles. The van der Waals surface area contributed by atoms with E-state index in [1.54, 1.807) is 36.4 Å². The van der Waals surface area contributed by atoms with Gasteiger partial charge < -0.3 is 10.2 Å². The van der Waals surface area contributed by atoms with Crippen molar-refractivity contribution in [1.29, 1.82) is 0 Å². The number of hydrogen-bond acceptors (Lipinski definition) is 2. The first-order valence-electron chi connectivity index (χ1n) is 10.7. The van der Waals surface area contributed by atoms with Gasteiger partial charge >= 0.3 is 11.9 Å². The molecule has 0 unspecified atom stereocenters. The SMILES string of the molecule is O=C(O)c1ccc(C#Cc2c3ccccc3c(-c3ccc(C(=O)O)cc3)c3ccccc23)cc1. The van der Waals surface area contributed by atoms with Crippen LogP contribution in [0, 0.1) is 11.8 Å². The molecule has 0 amide bonds. The summed E-state index contributed by atoms with van der Waals surface area (Å²) >= 11 is 0. The molecule has 0 radical (unpaired) electrons. The summed E-state index contributed by atoms with van der Waals surface area (Å²) in [5.41, 5.74) is 4.04. The summed E-state index contributed by atoms with van der Waals surface area (Å²) in [7, 11) is 0. The van der Waals surface area contributed by atoms with E-state index in [1.165, 1.54) is 0 Å². The summed E-state index contributed by atoms with van der Waals surface area (Å²) in [6.45, 7) is 0. The van der Waals surface area contributed by atoms with E-state index in [0.717, 1.165) is 43.8 Å². The van der Waals surface area contributed by atoms with Crippen molar-refractivity contribution >= 4 is 33.5 Å². The zero-order valence-electron chi connectivity index (χ0n) is 17.9. The maximum absolute atomic E-state index is 11.3. The van der Waals surface area contributed by atoms with E-state index < -0.39 is 11.9 Å². The number of carboxylic acids is 2. The fourth-order valence-corrected chi connectivity index (χ4v) is 4.18. The van der Waals surface area contributed by atoms with Gasteiger partial charge in [-0.05, 0) is 69.1 Å². The highest BCUT2D eigenvalue weighted by molar-refractivity contribution is 6.16. The van der Waals surface area contributed by atoms with E-state index in [4.69, 9.17) is 5.11 Å². The Labute approximate surface area is 195 Å². The van der Waals surface area contributed by atoms with Crippen LogP contribution in [-0.4, -0.2) is 22.2 Å². The fourth-order valence-electron chi connectivity index (χ4n) is 4.18. The van der Waals surface area contributed by atoms with Crippen LogP contribution in [-0.2, 0) is 0 Å². The molecule has 0 saturated heterocycles. The fraction of sp³-hybridized carbons (Fsp3) is 0. The zero-order chi connectivity index (χ0) is 23.7. The van der Waals surface area contributed by atoms with Gasteiger partial charge in [-0.15, -0.1) is 0 Å². The lowest BCUT2D eigenvalue weighted by atomic mass is 9.88. The molecular formula is C30H18O4. The average Bonchev–Trinajstić information content (AvgIpc) is 2.87. The third kappa shape index (κ3) is 3.76. The number of hydrogen-bond donors (Lipinski definition) is 2. The Kier molecular flexibility index (Phi) is 5.29. The van der Waals surface area contributed by atoms with Gasteiger partial charge in [0.15, 0.2) is 0 Å². The van der Waals surface area contributed by atoms with E-state index in [9.17, 15) is 14.7 Å². The molecular weight excluding hydrogens is 424 g/mol. The minimum atomic E-state index is -0.969. The first-order chi connectivity index (χ1) is 16.5. The Bertz CT molecular complexity index is 1580. The highest BCUT2D eigenvalue weighted by atomic mass is 16.4. The molecule has 5 aromatic carbocycles. The maximum atomic E-state index is 11.3. The van der Waals surface area contributed by atoms with Crippen LogP contribution in [0.2, 0.25) is 0 Å². The maximum Gasteiger partial charge on any atom is 0.335 e. The topological polar surface area (TPSA) is 74.6 Å². The first-order valence-corrected chi connectivity index (χ1v) is 10.7. The molecule has 0 spiro atoms. The van der Waals surface area contributed by atoms with Crippen molar-refractivity contribution in [3.63, 3.8) is 0 Å². The zero-order valence-corrected chi connectivity index (χ0v) is 17.9. The minimum absolute atomic E-state index is 0.222. The van der Waals surface area contributed by atoms with Crippen molar-refractivity contribution in [3.05, 3.63) is 119 Å². The summed E-state index contributed by atoms with van der Waals surface area (Å²) in [5, 5.41) is 22.4. The molecule has 4 heteroatoms. The number of benzene rings is 5. The second kappa shape index (κ2) is 8.57. The number of rotatable bonds is 3. The summed E-state index contributed by atoms with van der Waals surface area (Å²) in [4.78, 5) is 22.4. The van der Waals surface area contributed by atoms with Crippen LogP contribution >= 0.6 is 0 Å².